The molecule has 0 aliphatic heterocycles. The van der Waals surface area contributed by atoms with Gasteiger partial charge in [0.05, 0.1) is 5.60 Å². The van der Waals surface area contributed by atoms with E-state index < -0.39 is 8.32 Å². The van der Waals surface area contributed by atoms with E-state index in [2.05, 4.69) is 40.4 Å². The van der Waals surface area contributed by atoms with Gasteiger partial charge in [0.25, 0.3) is 0 Å². The summed E-state index contributed by atoms with van der Waals surface area (Å²) in [6, 6.07) is 0. The molecule has 0 rings (SSSR count). The molecule has 0 aromatic carbocycles. The van der Waals surface area contributed by atoms with Gasteiger partial charge in [0, 0.05) is 6.42 Å². The minimum absolute atomic E-state index is 0.0208. The van der Waals surface area contributed by atoms with E-state index in [0.717, 1.165) is 25.0 Å². The van der Waals surface area contributed by atoms with Gasteiger partial charge in [-0.3, -0.25) is 0 Å². The zero-order valence-electron chi connectivity index (χ0n) is 13.2. The van der Waals surface area contributed by atoms with E-state index in [0.29, 0.717) is 6.42 Å². The lowest BCUT2D eigenvalue weighted by Gasteiger charge is -2.33. The van der Waals surface area contributed by atoms with Crippen LogP contribution in [0.15, 0.2) is 0 Å². The van der Waals surface area contributed by atoms with Crippen LogP contribution in [0.5, 0.6) is 0 Å². The molecule has 0 bridgehead atoms. The first-order valence-corrected chi connectivity index (χ1v) is 10.7. The van der Waals surface area contributed by atoms with Crippen LogP contribution in [-0.4, -0.2) is 20.2 Å². The first kappa shape index (κ1) is 17.8. The normalized spacial score (nSPS) is 14.6. The van der Waals surface area contributed by atoms with Gasteiger partial charge in [-0.2, -0.15) is 0 Å². The van der Waals surface area contributed by atoms with Gasteiger partial charge in [-0.1, -0.05) is 26.2 Å². The highest BCUT2D eigenvalue weighted by atomic mass is 28.4. The number of hydrogen-bond acceptors (Lipinski definition) is 2. The van der Waals surface area contributed by atoms with Crippen LogP contribution in [0.3, 0.4) is 0 Å². The Balaban J connectivity index is 3.78. The van der Waals surface area contributed by atoms with E-state index in [-0.39, 0.29) is 5.60 Å². The van der Waals surface area contributed by atoms with Crippen LogP contribution < -0.4 is 0 Å². The molecule has 0 aromatic rings. The first-order chi connectivity index (χ1) is 8.16. The first-order valence-electron chi connectivity index (χ1n) is 7.30. The second-order valence-corrected chi connectivity index (χ2v) is 11.5. The molecule has 3 heteroatoms. The lowest BCUT2D eigenvalue weighted by molar-refractivity contribution is -0.107. The van der Waals surface area contributed by atoms with Gasteiger partial charge in [0.15, 0.2) is 8.32 Å². The average molecular weight is 273 g/mol. The summed E-state index contributed by atoms with van der Waals surface area (Å²) in [5.74, 6) is 0.729. The van der Waals surface area contributed by atoms with Gasteiger partial charge < -0.3 is 9.22 Å². The van der Waals surface area contributed by atoms with Crippen molar-refractivity contribution in [1.82, 2.24) is 0 Å². The van der Waals surface area contributed by atoms with E-state index in [1.54, 1.807) is 0 Å². The lowest BCUT2D eigenvalue weighted by atomic mass is 9.94. The Bertz CT molecular complexity index is 231. The number of carbonyl (C=O) groups excluding carboxylic acids is 1. The van der Waals surface area contributed by atoms with Crippen LogP contribution in [0.4, 0.5) is 0 Å². The van der Waals surface area contributed by atoms with Gasteiger partial charge in [0.1, 0.15) is 6.29 Å². The maximum Gasteiger partial charge on any atom is 0.184 e. The van der Waals surface area contributed by atoms with Gasteiger partial charge in [-0.15, -0.1) is 0 Å². The van der Waals surface area contributed by atoms with Crippen LogP contribution in [0.2, 0.25) is 19.6 Å². The number of aldehydes is 1. The molecule has 2 nitrogen and oxygen atoms in total. The molecule has 0 aliphatic carbocycles. The van der Waals surface area contributed by atoms with Crippen molar-refractivity contribution in [3.8, 4) is 0 Å². The lowest BCUT2D eigenvalue weighted by Crippen LogP contribution is -2.38. The fourth-order valence-electron chi connectivity index (χ4n) is 2.45. The topological polar surface area (TPSA) is 26.3 Å². The highest BCUT2D eigenvalue weighted by molar-refractivity contribution is 6.69. The molecular weight excluding hydrogens is 240 g/mol. The van der Waals surface area contributed by atoms with Crippen molar-refractivity contribution < 1.29 is 9.22 Å². The van der Waals surface area contributed by atoms with E-state index >= 15 is 0 Å². The summed E-state index contributed by atoms with van der Waals surface area (Å²) in [7, 11) is -1.43. The summed E-state index contributed by atoms with van der Waals surface area (Å²) in [6.45, 7) is 13.5. The molecule has 0 spiro atoms. The molecule has 1 atom stereocenters. The van der Waals surface area contributed by atoms with Crippen LogP contribution in [-0.2, 0) is 9.22 Å². The van der Waals surface area contributed by atoms with E-state index in [1.165, 1.54) is 19.3 Å². The van der Waals surface area contributed by atoms with Crippen molar-refractivity contribution >= 4 is 14.6 Å². The molecule has 18 heavy (non-hydrogen) atoms. The van der Waals surface area contributed by atoms with Crippen molar-refractivity contribution in [3.63, 3.8) is 0 Å². The summed E-state index contributed by atoms with van der Waals surface area (Å²) >= 11 is 0. The third-order valence-corrected chi connectivity index (χ3v) is 4.24. The van der Waals surface area contributed by atoms with Crippen molar-refractivity contribution in [1.29, 1.82) is 0 Å². The molecule has 0 saturated carbocycles. The van der Waals surface area contributed by atoms with Crippen LogP contribution in [0, 0.1) is 5.92 Å². The van der Waals surface area contributed by atoms with E-state index in [4.69, 9.17) is 4.43 Å². The molecule has 0 aromatic heterocycles. The van der Waals surface area contributed by atoms with Crippen LogP contribution in [0.1, 0.15) is 59.3 Å². The van der Waals surface area contributed by atoms with Crippen LogP contribution >= 0.6 is 0 Å². The predicted molar refractivity (Wildman–Crippen MR) is 81.4 cm³/mol. The number of hydrogen-bond donors (Lipinski definition) is 0. The molecule has 0 saturated heterocycles. The maximum absolute atomic E-state index is 10.3. The molecule has 0 amide bonds. The largest absolute Gasteiger partial charge is 0.413 e. The van der Waals surface area contributed by atoms with Gasteiger partial charge in [-0.05, 0) is 52.2 Å². The monoisotopic (exact) mass is 272 g/mol. The third kappa shape index (κ3) is 11.0. The summed E-state index contributed by atoms with van der Waals surface area (Å²) in [5, 5.41) is 0. The zero-order chi connectivity index (χ0) is 14.2. The van der Waals surface area contributed by atoms with Crippen molar-refractivity contribution in [3.05, 3.63) is 0 Å². The standard InChI is InChI=1S/C15H32O2Si/c1-14(10-7-8-13-16)11-9-12-15(2,3)17-18(4,5)6/h13-14H,7-12H2,1-6H3/t14-/m0/s1. The Morgan fingerprint density at radius 2 is 1.72 bits per heavy atom. The molecule has 0 fully saturated rings. The van der Waals surface area contributed by atoms with Gasteiger partial charge in [-0.25, -0.2) is 0 Å². The Labute approximate surface area is 115 Å². The highest BCUT2D eigenvalue weighted by Gasteiger charge is 2.26. The minimum Gasteiger partial charge on any atom is -0.413 e. The van der Waals surface area contributed by atoms with Crippen molar-refractivity contribution in [2.45, 2.75) is 84.5 Å². The molecular formula is C15H32O2Si. The SMILES string of the molecule is C[C@@H](CCCC=O)CCCC(C)(C)O[Si](C)(C)C. The fourth-order valence-corrected chi connectivity index (χ4v) is 4.21. The quantitative estimate of drug-likeness (QED) is 0.324. The van der Waals surface area contributed by atoms with E-state index in [1.807, 2.05) is 0 Å². The van der Waals surface area contributed by atoms with Crippen molar-refractivity contribution in [2.75, 3.05) is 0 Å². The third-order valence-electron chi connectivity index (χ3n) is 3.08. The molecule has 0 heterocycles. The number of unbranched alkanes of at least 4 members (excludes halogenated alkanes) is 1. The molecule has 108 valence electrons. The highest BCUT2D eigenvalue weighted by Crippen LogP contribution is 2.25. The zero-order valence-corrected chi connectivity index (χ0v) is 14.2. The second-order valence-electron chi connectivity index (χ2n) is 7.07. The Hall–Kier alpha value is -0.153. The Kier molecular flexibility index (Phi) is 8.04. The summed E-state index contributed by atoms with van der Waals surface area (Å²) in [6.07, 6.45) is 7.56. The number of carbonyl (C=O) groups is 1. The molecule has 0 aliphatic rings. The second kappa shape index (κ2) is 8.11. The fraction of sp³-hybridized carbons (Fsp3) is 0.933. The maximum atomic E-state index is 10.3. The van der Waals surface area contributed by atoms with Gasteiger partial charge >= 0.3 is 0 Å². The summed E-state index contributed by atoms with van der Waals surface area (Å²) in [5.41, 5.74) is 0.0208. The van der Waals surface area contributed by atoms with Crippen molar-refractivity contribution in [2.24, 2.45) is 5.92 Å². The average Bonchev–Trinajstić information content (AvgIpc) is 2.13. The molecule has 0 radical (unpaired) electrons. The van der Waals surface area contributed by atoms with Crippen LogP contribution in [0.25, 0.3) is 0 Å². The number of rotatable bonds is 10. The molecule has 0 N–H and O–H groups in total. The minimum atomic E-state index is -1.43. The molecule has 0 unspecified atom stereocenters. The smallest absolute Gasteiger partial charge is 0.184 e. The Morgan fingerprint density at radius 1 is 1.17 bits per heavy atom. The van der Waals surface area contributed by atoms with E-state index in [9.17, 15) is 4.79 Å². The Morgan fingerprint density at radius 3 is 2.22 bits per heavy atom. The summed E-state index contributed by atoms with van der Waals surface area (Å²) in [4.78, 5) is 10.3. The summed E-state index contributed by atoms with van der Waals surface area (Å²) < 4.78 is 6.20. The predicted octanol–water partition coefficient (Wildman–Crippen LogP) is 4.79. The van der Waals surface area contributed by atoms with Gasteiger partial charge in [0.2, 0.25) is 0 Å².